The van der Waals surface area contributed by atoms with Gasteiger partial charge in [0.1, 0.15) is 0 Å². The van der Waals surface area contributed by atoms with Gasteiger partial charge in [-0.3, -0.25) is 4.79 Å². The van der Waals surface area contributed by atoms with E-state index in [2.05, 4.69) is 15.3 Å². The molecule has 0 spiro atoms. The van der Waals surface area contributed by atoms with Gasteiger partial charge in [-0.05, 0) is 37.8 Å². The normalized spacial score (nSPS) is 14.2. The summed E-state index contributed by atoms with van der Waals surface area (Å²) in [4.78, 5) is 22.7. The molecule has 3 rings (SSSR count). The number of aromatic nitrogens is 2. The lowest BCUT2D eigenvalue weighted by atomic mass is 10.1. The molecule has 2 aromatic rings. The van der Waals surface area contributed by atoms with Gasteiger partial charge >= 0.3 is 0 Å². The number of likely N-dealkylation sites (tertiary alicyclic amines) is 1. The molecule has 0 unspecified atom stereocenters. The third kappa shape index (κ3) is 2.93. The number of carbonyl (C=O) groups excluding carboxylic acids is 1. The zero-order valence-electron chi connectivity index (χ0n) is 13.0. The molecular weight excluding hydrogens is 276 g/mol. The smallest absolute Gasteiger partial charge is 0.256 e. The van der Waals surface area contributed by atoms with Crippen LogP contribution in [-0.2, 0) is 0 Å². The number of hydrogen-bond donors (Lipinski definition) is 1. The number of benzene rings is 1. The van der Waals surface area contributed by atoms with Crippen LogP contribution in [0.5, 0.6) is 0 Å². The first kappa shape index (κ1) is 14.5. The van der Waals surface area contributed by atoms with Crippen molar-refractivity contribution >= 4 is 17.5 Å². The van der Waals surface area contributed by atoms with Crippen molar-refractivity contribution in [2.75, 3.05) is 18.4 Å². The molecular formula is C17H20N4O. The lowest BCUT2D eigenvalue weighted by molar-refractivity contribution is 0.0792. The summed E-state index contributed by atoms with van der Waals surface area (Å²) in [5, 5.41) is 3.23. The van der Waals surface area contributed by atoms with E-state index < -0.39 is 0 Å². The number of aryl methyl sites for hydroxylation is 2. The lowest BCUT2D eigenvalue weighted by Gasteiger charge is -2.15. The molecule has 5 heteroatoms. The van der Waals surface area contributed by atoms with Gasteiger partial charge in [0.05, 0.1) is 5.56 Å². The first-order valence-electron chi connectivity index (χ1n) is 7.60. The molecule has 1 aromatic carbocycles. The van der Waals surface area contributed by atoms with Crippen molar-refractivity contribution in [3.8, 4) is 0 Å². The Morgan fingerprint density at radius 1 is 1.09 bits per heavy atom. The molecule has 0 bridgehead atoms. The maximum Gasteiger partial charge on any atom is 0.256 e. The van der Waals surface area contributed by atoms with Crippen LogP contribution < -0.4 is 5.32 Å². The molecule has 1 N–H and O–H groups in total. The predicted molar refractivity (Wildman–Crippen MR) is 86.4 cm³/mol. The monoisotopic (exact) mass is 296 g/mol. The van der Waals surface area contributed by atoms with Crippen molar-refractivity contribution in [3.05, 3.63) is 47.3 Å². The number of amides is 1. The van der Waals surface area contributed by atoms with E-state index >= 15 is 0 Å². The summed E-state index contributed by atoms with van der Waals surface area (Å²) in [6.07, 6.45) is 5.37. The Bertz CT molecular complexity index is 655. The summed E-state index contributed by atoms with van der Waals surface area (Å²) in [6.45, 7) is 5.75. The minimum absolute atomic E-state index is 0.0242. The van der Waals surface area contributed by atoms with Gasteiger partial charge < -0.3 is 10.2 Å². The Kier molecular flexibility index (Phi) is 4.04. The Morgan fingerprint density at radius 2 is 1.68 bits per heavy atom. The van der Waals surface area contributed by atoms with E-state index in [-0.39, 0.29) is 5.91 Å². The standard InChI is InChI=1S/C17H20N4O/c1-12-6-5-7-13(2)15(12)20-17-18-10-14(11-19-17)16(22)21-8-3-4-9-21/h5-7,10-11H,3-4,8-9H2,1-2H3,(H,18,19,20). The highest BCUT2D eigenvalue weighted by Gasteiger charge is 2.20. The summed E-state index contributed by atoms with van der Waals surface area (Å²) < 4.78 is 0. The Balaban J connectivity index is 1.75. The summed E-state index contributed by atoms with van der Waals surface area (Å²) in [5.41, 5.74) is 3.84. The van der Waals surface area contributed by atoms with Crippen LogP contribution >= 0.6 is 0 Å². The van der Waals surface area contributed by atoms with Gasteiger partial charge in [0.25, 0.3) is 5.91 Å². The maximum atomic E-state index is 12.3. The number of anilines is 2. The van der Waals surface area contributed by atoms with Crippen molar-refractivity contribution in [1.29, 1.82) is 0 Å². The molecule has 1 fully saturated rings. The molecule has 0 radical (unpaired) electrons. The molecule has 1 amide bonds. The van der Waals surface area contributed by atoms with Crippen LogP contribution in [0.2, 0.25) is 0 Å². The second kappa shape index (κ2) is 6.13. The van der Waals surface area contributed by atoms with Gasteiger partial charge in [-0.15, -0.1) is 0 Å². The first-order valence-corrected chi connectivity index (χ1v) is 7.60. The topological polar surface area (TPSA) is 58.1 Å². The van der Waals surface area contributed by atoms with Gasteiger partial charge in [0.2, 0.25) is 5.95 Å². The van der Waals surface area contributed by atoms with Crippen LogP contribution in [-0.4, -0.2) is 33.9 Å². The van der Waals surface area contributed by atoms with Crippen LogP contribution in [0.3, 0.4) is 0 Å². The molecule has 22 heavy (non-hydrogen) atoms. The molecule has 0 aliphatic carbocycles. The number of hydrogen-bond acceptors (Lipinski definition) is 4. The predicted octanol–water partition coefficient (Wildman–Crippen LogP) is 3.07. The molecule has 114 valence electrons. The van der Waals surface area contributed by atoms with Gasteiger partial charge in [-0.2, -0.15) is 0 Å². The zero-order chi connectivity index (χ0) is 15.5. The number of rotatable bonds is 3. The van der Waals surface area contributed by atoms with Gasteiger partial charge in [-0.1, -0.05) is 18.2 Å². The average Bonchev–Trinajstić information content (AvgIpc) is 3.05. The van der Waals surface area contributed by atoms with E-state index in [4.69, 9.17) is 0 Å². The Labute approximate surface area is 130 Å². The van der Waals surface area contributed by atoms with Crippen molar-refractivity contribution in [3.63, 3.8) is 0 Å². The van der Waals surface area contributed by atoms with Crippen LogP contribution in [0.4, 0.5) is 11.6 Å². The number of carbonyl (C=O) groups is 1. The van der Waals surface area contributed by atoms with E-state index in [0.29, 0.717) is 11.5 Å². The quantitative estimate of drug-likeness (QED) is 0.945. The number of nitrogens with one attached hydrogen (secondary N) is 1. The van der Waals surface area contributed by atoms with Crippen molar-refractivity contribution in [2.45, 2.75) is 26.7 Å². The molecule has 0 atom stereocenters. The van der Waals surface area contributed by atoms with Gasteiger partial charge in [-0.25, -0.2) is 9.97 Å². The third-order valence-corrected chi connectivity index (χ3v) is 4.01. The zero-order valence-corrected chi connectivity index (χ0v) is 13.0. The van der Waals surface area contributed by atoms with E-state index in [1.807, 2.05) is 36.9 Å². The van der Waals surface area contributed by atoms with Crippen LogP contribution in [0.25, 0.3) is 0 Å². The molecule has 5 nitrogen and oxygen atoms in total. The van der Waals surface area contributed by atoms with E-state index in [1.54, 1.807) is 12.4 Å². The fraction of sp³-hybridized carbons (Fsp3) is 0.353. The summed E-state index contributed by atoms with van der Waals surface area (Å²) >= 11 is 0. The molecule has 0 saturated carbocycles. The highest BCUT2D eigenvalue weighted by molar-refractivity contribution is 5.93. The van der Waals surface area contributed by atoms with Crippen molar-refractivity contribution in [1.82, 2.24) is 14.9 Å². The molecule has 1 aromatic heterocycles. The Hall–Kier alpha value is -2.43. The first-order chi connectivity index (χ1) is 10.6. The molecule has 1 aliphatic heterocycles. The minimum Gasteiger partial charge on any atom is -0.339 e. The summed E-state index contributed by atoms with van der Waals surface area (Å²) in [7, 11) is 0. The molecule has 1 aliphatic rings. The second-order valence-electron chi connectivity index (χ2n) is 5.69. The highest BCUT2D eigenvalue weighted by Crippen LogP contribution is 2.22. The van der Waals surface area contributed by atoms with Gasteiger partial charge in [0.15, 0.2) is 0 Å². The molecule has 1 saturated heterocycles. The summed E-state index contributed by atoms with van der Waals surface area (Å²) in [5.74, 6) is 0.534. The van der Waals surface area contributed by atoms with E-state index in [1.165, 1.54) is 0 Å². The van der Waals surface area contributed by atoms with Gasteiger partial charge in [0, 0.05) is 31.2 Å². The largest absolute Gasteiger partial charge is 0.339 e. The number of para-hydroxylation sites is 1. The summed E-state index contributed by atoms with van der Waals surface area (Å²) in [6, 6.07) is 6.11. The van der Waals surface area contributed by atoms with Crippen molar-refractivity contribution in [2.24, 2.45) is 0 Å². The second-order valence-corrected chi connectivity index (χ2v) is 5.69. The fourth-order valence-corrected chi connectivity index (χ4v) is 2.73. The fourth-order valence-electron chi connectivity index (χ4n) is 2.73. The van der Waals surface area contributed by atoms with E-state index in [0.717, 1.165) is 42.7 Å². The molecule has 2 heterocycles. The third-order valence-electron chi connectivity index (χ3n) is 4.01. The maximum absolute atomic E-state index is 12.3. The van der Waals surface area contributed by atoms with Crippen LogP contribution in [0.15, 0.2) is 30.6 Å². The van der Waals surface area contributed by atoms with Crippen molar-refractivity contribution < 1.29 is 4.79 Å². The van der Waals surface area contributed by atoms with Crippen LogP contribution in [0, 0.1) is 13.8 Å². The average molecular weight is 296 g/mol. The highest BCUT2D eigenvalue weighted by atomic mass is 16.2. The van der Waals surface area contributed by atoms with Crippen LogP contribution in [0.1, 0.15) is 34.3 Å². The Morgan fingerprint density at radius 3 is 2.27 bits per heavy atom. The number of nitrogens with zero attached hydrogens (tertiary/aromatic N) is 3. The minimum atomic E-state index is 0.0242. The van der Waals surface area contributed by atoms with E-state index in [9.17, 15) is 4.79 Å². The lowest BCUT2D eigenvalue weighted by Crippen LogP contribution is -2.27. The SMILES string of the molecule is Cc1cccc(C)c1Nc1ncc(C(=O)N2CCCC2)cn1.